The molecule has 0 aromatic heterocycles. The maximum absolute atomic E-state index is 13.6. The van der Waals surface area contributed by atoms with Crippen molar-refractivity contribution in [2.45, 2.75) is 82.9 Å². The fourth-order valence-corrected chi connectivity index (χ4v) is 5.58. The molecule has 2 aromatic rings. The number of unbranched alkanes of at least 4 members (excludes halogenated alkanes) is 1. The van der Waals surface area contributed by atoms with Gasteiger partial charge in [-0.15, -0.1) is 0 Å². The fourth-order valence-electron chi connectivity index (χ4n) is 5.32. The standard InChI is InChI=1S/C30H42BrN3O4/c1-29(2,3)38-27(35)26(34(28(32)36)24-15-13-23(31)14-16-24)17-19-30(33-20-7-8-21-37-4)18-9-11-22-10-5-6-12-25(22)30/h5-6,10,12-16,26,33H,7-9,11,17-21H2,1-4H3,(H2,32,36)/t26-,30?/m0/s1. The van der Waals surface area contributed by atoms with Crippen LogP contribution in [-0.2, 0) is 26.2 Å². The number of nitrogens with zero attached hydrogens (tertiary/aromatic N) is 1. The maximum Gasteiger partial charge on any atom is 0.329 e. The van der Waals surface area contributed by atoms with E-state index >= 15 is 0 Å². The number of nitrogens with one attached hydrogen (secondary N) is 1. The first-order valence-electron chi connectivity index (χ1n) is 13.5. The molecule has 0 saturated heterocycles. The highest BCUT2D eigenvalue weighted by molar-refractivity contribution is 9.10. The van der Waals surface area contributed by atoms with Crippen LogP contribution in [0.25, 0.3) is 0 Å². The van der Waals surface area contributed by atoms with E-state index in [0.29, 0.717) is 18.5 Å². The molecule has 0 bridgehead atoms. The number of aryl methyl sites for hydroxylation is 1. The predicted octanol–water partition coefficient (Wildman–Crippen LogP) is 6.07. The van der Waals surface area contributed by atoms with Gasteiger partial charge in [-0.2, -0.15) is 0 Å². The summed E-state index contributed by atoms with van der Waals surface area (Å²) in [5.74, 6) is -0.460. The van der Waals surface area contributed by atoms with Crippen LogP contribution < -0.4 is 16.0 Å². The number of rotatable bonds is 12. The lowest BCUT2D eigenvalue weighted by atomic mass is 9.73. The summed E-state index contributed by atoms with van der Waals surface area (Å²) in [5.41, 5.74) is 8.04. The highest BCUT2D eigenvalue weighted by Gasteiger charge is 2.40. The number of primary amides is 1. The van der Waals surface area contributed by atoms with Gasteiger partial charge in [0.2, 0.25) is 0 Å². The summed E-state index contributed by atoms with van der Waals surface area (Å²) in [6.07, 6.45) is 6.03. The highest BCUT2D eigenvalue weighted by Crippen LogP contribution is 2.40. The number of amides is 2. The van der Waals surface area contributed by atoms with E-state index in [1.807, 2.05) is 32.9 Å². The van der Waals surface area contributed by atoms with E-state index in [4.69, 9.17) is 15.2 Å². The van der Waals surface area contributed by atoms with Gasteiger partial charge in [0.05, 0.1) is 0 Å². The van der Waals surface area contributed by atoms with Gasteiger partial charge in [-0.25, -0.2) is 9.59 Å². The number of hydrogen-bond acceptors (Lipinski definition) is 5. The first-order chi connectivity index (χ1) is 18.1. The minimum atomic E-state index is -0.867. The largest absolute Gasteiger partial charge is 0.458 e. The number of carbonyl (C=O) groups excluding carboxylic acids is 2. The monoisotopic (exact) mass is 587 g/mol. The summed E-state index contributed by atoms with van der Waals surface area (Å²) in [4.78, 5) is 27.8. The van der Waals surface area contributed by atoms with Crippen molar-refractivity contribution < 1.29 is 19.1 Å². The Morgan fingerprint density at radius 3 is 2.50 bits per heavy atom. The summed E-state index contributed by atoms with van der Waals surface area (Å²) in [6, 6.07) is 14.2. The van der Waals surface area contributed by atoms with Crippen LogP contribution in [0.3, 0.4) is 0 Å². The number of benzene rings is 2. The Bertz CT molecular complexity index is 1070. The fraction of sp³-hybridized carbons (Fsp3) is 0.533. The first kappa shape index (κ1) is 30.1. The molecule has 0 heterocycles. The van der Waals surface area contributed by atoms with Crippen LogP contribution in [0.2, 0.25) is 0 Å². The Labute approximate surface area is 235 Å². The number of fused-ring (bicyclic) bond motifs is 1. The maximum atomic E-state index is 13.6. The number of carbonyl (C=O) groups is 2. The van der Waals surface area contributed by atoms with Crippen LogP contribution in [-0.4, -0.2) is 43.9 Å². The molecule has 7 nitrogen and oxygen atoms in total. The van der Waals surface area contributed by atoms with Gasteiger partial charge in [0, 0.05) is 29.4 Å². The molecule has 2 amide bonds. The Balaban J connectivity index is 1.95. The lowest BCUT2D eigenvalue weighted by Gasteiger charge is -2.42. The number of nitrogens with two attached hydrogens (primary N) is 1. The Morgan fingerprint density at radius 2 is 1.84 bits per heavy atom. The van der Waals surface area contributed by atoms with E-state index in [2.05, 4.69) is 45.5 Å². The molecule has 0 fully saturated rings. The van der Waals surface area contributed by atoms with Gasteiger partial charge in [-0.05, 0) is 108 Å². The smallest absolute Gasteiger partial charge is 0.329 e. The van der Waals surface area contributed by atoms with E-state index in [0.717, 1.165) is 49.7 Å². The minimum Gasteiger partial charge on any atom is -0.458 e. The molecule has 3 N–H and O–H groups in total. The quantitative estimate of drug-likeness (QED) is 0.232. The molecule has 2 atom stereocenters. The zero-order chi connectivity index (χ0) is 27.8. The third-order valence-electron chi connectivity index (χ3n) is 7.00. The lowest BCUT2D eigenvalue weighted by molar-refractivity contribution is -0.156. The molecule has 3 rings (SSSR count). The second-order valence-electron chi connectivity index (χ2n) is 11.0. The summed E-state index contributed by atoms with van der Waals surface area (Å²) in [7, 11) is 1.72. The van der Waals surface area contributed by atoms with Crippen molar-refractivity contribution in [3.05, 3.63) is 64.1 Å². The number of hydrogen-bond donors (Lipinski definition) is 2. The van der Waals surface area contributed by atoms with Crippen LogP contribution in [0.4, 0.5) is 10.5 Å². The molecule has 208 valence electrons. The number of anilines is 1. The topological polar surface area (TPSA) is 93.9 Å². The molecule has 0 aliphatic heterocycles. The molecular weight excluding hydrogens is 546 g/mol. The highest BCUT2D eigenvalue weighted by atomic mass is 79.9. The molecule has 8 heteroatoms. The van der Waals surface area contributed by atoms with Crippen molar-refractivity contribution in [3.8, 4) is 0 Å². The second kappa shape index (κ2) is 13.6. The molecule has 1 unspecified atom stereocenters. The van der Waals surface area contributed by atoms with Gasteiger partial charge in [0.25, 0.3) is 0 Å². The second-order valence-corrected chi connectivity index (χ2v) is 11.9. The molecule has 38 heavy (non-hydrogen) atoms. The van der Waals surface area contributed by atoms with Crippen molar-refractivity contribution in [1.29, 1.82) is 0 Å². The number of ether oxygens (including phenoxy) is 2. The average molecular weight is 589 g/mol. The molecule has 0 saturated carbocycles. The summed E-state index contributed by atoms with van der Waals surface area (Å²) in [6.45, 7) is 7.05. The van der Waals surface area contributed by atoms with Crippen LogP contribution in [0.5, 0.6) is 0 Å². The van der Waals surface area contributed by atoms with Crippen LogP contribution >= 0.6 is 15.9 Å². The SMILES string of the molecule is COCCCCNC1(CC[C@@H](C(=O)OC(C)(C)C)N(C(N)=O)c2ccc(Br)cc2)CCCc2ccccc21. The number of halogens is 1. The van der Waals surface area contributed by atoms with Crippen molar-refractivity contribution >= 4 is 33.6 Å². The van der Waals surface area contributed by atoms with E-state index in [1.165, 1.54) is 16.0 Å². The summed E-state index contributed by atoms with van der Waals surface area (Å²) >= 11 is 3.44. The van der Waals surface area contributed by atoms with Gasteiger partial charge in [0.15, 0.2) is 0 Å². The predicted molar refractivity (Wildman–Crippen MR) is 155 cm³/mol. The van der Waals surface area contributed by atoms with E-state index in [1.54, 1.807) is 19.2 Å². The van der Waals surface area contributed by atoms with Crippen molar-refractivity contribution in [1.82, 2.24) is 5.32 Å². The first-order valence-corrected chi connectivity index (χ1v) is 14.2. The van der Waals surface area contributed by atoms with Gasteiger partial charge in [-0.1, -0.05) is 40.2 Å². The normalized spacial score (nSPS) is 17.9. The zero-order valence-corrected chi connectivity index (χ0v) is 24.7. The third-order valence-corrected chi connectivity index (χ3v) is 7.53. The Kier molecular flexibility index (Phi) is 10.8. The van der Waals surface area contributed by atoms with E-state index in [-0.39, 0.29) is 5.54 Å². The molecule has 0 spiro atoms. The molecule has 1 aliphatic rings. The lowest BCUT2D eigenvalue weighted by Crippen LogP contribution is -2.52. The molecule has 1 aliphatic carbocycles. The molecule has 0 radical (unpaired) electrons. The molecular formula is C30H42BrN3O4. The van der Waals surface area contributed by atoms with Gasteiger partial charge in [0.1, 0.15) is 11.6 Å². The van der Waals surface area contributed by atoms with E-state index in [9.17, 15) is 9.59 Å². The van der Waals surface area contributed by atoms with Crippen LogP contribution in [0.15, 0.2) is 53.0 Å². The number of urea groups is 1. The summed E-state index contributed by atoms with van der Waals surface area (Å²) in [5, 5.41) is 3.86. The van der Waals surface area contributed by atoms with Gasteiger partial charge < -0.3 is 20.5 Å². The van der Waals surface area contributed by atoms with Gasteiger partial charge >= 0.3 is 12.0 Å². The molecule has 2 aromatic carbocycles. The summed E-state index contributed by atoms with van der Waals surface area (Å²) < 4.78 is 11.9. The minimum absolute atomic E-state index is 0.314. The zero-order valence-electron chi connectivity index (χ0n) is 23.1. The van der Waals surface area contributed by atoms with Gasteiger partial charge in [-0.3, -0.25) is 4.90 Å². The third kappa shape index (κ3) is 8.04. The van der Waals surface area contributed by atoms with Crippen LogP contribution in [0.1, 0.15) is 70.4 Å². The number of methoxy groups -OCH3 is 1. The average Bonchev–Trinajstić information content (AvgIpc) is 2.86. The van der Waals surface area contributed by atoms with Crippen molar-refractivity contribution in [2.24, 2.45) is 5.73 Å². The Morgan fingerprint density at radius 1 is 1.13 bits per heavy atom. The Hall–Kier alpha value is -2.42. The van der Waals surface area contributed by atoms with Crippen molar-refractivity contribution in [2.75, 3.05) is 25.2 Å². The van der Waals surface area contributed by atoms with Crippen molar-refractivity contribution in [3.63, 3.8) is 0 Å². The van der Waals surface area contributed by atoms with Crippen LogP contribution in [0, 0.1) is 0 Å². The number of esters is 1. The van der Waals surface area contributed by atoms with E-state index < -0.39 is 23.6 Å².